The van der Waals surface area contributed by atoms with Gasteiger partial charge in [0.2, 0.25) is 0 Å². The van der Waals surface area contributed by atoms with Gasteiger partial charge in [-0.15, -0.1) is 0 Å². The van der Waals surface area contributed by atoms with Crippen molar-refractivity contribution in [1.82, 2.24) is 10.6 Å². The van der Waals surface area contributed by atoms with Gasteiger partial charge in [0.25, 0.3) is 0 Å². The van der Waals surface area contributed by atoms with Gasteiger partial charge in [-0.3, -0.25) is 0 Å². The minimum absolute atomic E-state index is 0.298. The van der Waals surface area contributed by atoms with E-state index >= 15 is 0 Å². The minimum Gasteiger partial charge on any atom is -0.467 e. The topological polar surface area (TPSA) is 50.4 Å². The number of rotatable bonds is 3. The molecule has 4 nitrogen and oxygen atoms in total. The molecule has 1 rings (SSSR count). The maximum Gasteiger partial charge on any atom is 0.328 e. The summed E-state index contributed by atoms with van der Waals surface area (Å²) in [6.45, 7) is 1.74. The van der Waals surface area contributed by atoms with Gasteiger partial charge in [0.15, 0.2) is 5.11 Å². The lowest BCUT2D eigenvalue weighted by Gasteiger charge is -2.25. The molecule has 92 valence electrons. The number of thiocarbonyl (C=S) groups is 1. The van der Waals surface area contributed by atoms with E-state index in [1.807, 2.05) is 0 Å². The number of hydrogen-bond acceptors (Lipinski definition) is 3. The Morgan fingerprint density at radius 2 is 2.00 bits per heavy atom. The number of carbonyl (C=O) groups excluding carboxylic acids is 1. The third-order valence-corrected chi connectivity index (χ3v) is 3.08. The first-order valence-electron chi connectivity index (χ1n) is 5.78. The summed E-state index contributed by atoms with van der Waals surface area (Å²) in [7, 11) is 1.37. The van der Waals surface area contributed by atoms with Gasteiger partial charge in [-0.25, -0.2) is 4.79 Å². The van der Waals surface area contributed by atoms with E-state index in [9.17, 15) is 4.79 Å². The van der Waals surface area contributed by atoms with Gasteiger partial charge < -0.3 is 15.4 Å². The fourth-order valence-corrected chi connectivity index (χ4v) is 2.25. The summed E-state index contributed by atoms with van der Waals surface area (Å²) in [6, 6.07) is 0.0622. The van der Waals surface area contributed by atoms with Crippen molar-refractivity contribution in [2.45, 2.75) is 51.1 Å². The molecule has 1 aliphatic rings. The molecule has 1 saturated carbocycles. The minimum atomic E-state index is -0.395. The number of hydrogen-bond donors (Lipinski definition) is 2. The lowest BCUT2D eigenvalue weighted by atomic mass is 9.96. The van der Waals surface area contributed by atoms with Gasteiger partial charge >= 0.3 is 5.97 Å². The van der Waals surface area contributed by atoms with Crippen LogP contribution >= 0.6 is 12.2 Å². The van der Waals surface area contributed by atoms with Crippen molar-refractivity contribution in [2.24, 2.45) is 0 Å². The van der Waals surface area contributed by atoms with Crippen LogP contribution in [0.15, 0.2) is 0 Å². The van der Waals surface area contributed by atoms with Crippen molar-refractivity contribution < 1.29 is 9.53 Å². The second-order valence-corrected chi connectivity index (χ2v) is 4.61. The van der Waals surface area contributed by atoms with Crippen LogP contribution in [0.25, 0.3) is 0 Å². The van der Waals surface area contributed by atoms with E-state index in [1.54, 1.807) is 6.92 Å². The molecule has 0 amide bonds. The highest BCUT2D eigenvalue weighted by Gasteiger charge is 2.17. The third kappa shape index (κ3) is 4.35. The van der Waals surface area contributed by atoms with Gasteiger partial charge in [-0.05, 0) is 32.0 Å². The lowest BCUT2D eigenvalue weighted by molar-refractivity contribution is -0.142. The van der Waals surface area contributed by atoms with E-state index < -0.39 is 6.04 Å². The first kappa shape index (κ1) is 13.2. The Hall–Kier alpha value is -0.840. The SMILES string of the molecule is COC(=O)C(C)NC(=S)NC1CCCCC1. The second-order valence-electron chi connectivity index (χ2n) is 4.20. The molecule has 0 saturated heterocycles. The molecule has 5 heteroatoms. The van der Waals surface area contributed by atoms with Gasteiger partial charge in [0, 0.05) is 6.04 Å². The average molecular weight is 244 g/mol. The molecule has 2 N–H and O–H groups in total. The Kier molecular flexibility index (Phi) is 5.52. The molecule has 1 fully saturated rings. The van der Waals surface area contributed by atoms with Crippen molar-refractivity contribution in [2.75, 3.05) is 7.11 Å². The molecule has 0 aromatic carbocycles. The second kappa shape index (κ2) is 6.68. The number of nitrogens with one attached hydrogen (secondary N) is 2. The molecule has 0 radical (unpaired) electrons. The standard InChI is InChI=1S/C11H20N2O2S/c1-8(10(14)15-2)12-11(16)13-9-6-4-3-5-7-9/h8-9H,3-7H2,1-2H3,(H2,12,13,16). The Bertz CT molecular complexity index is 252. The summed E-state index contributed by atoms with van der Waals surface area (Å²) in [5.41, 5.74) is 0. The molecule has 0 heterocycles. The average Bonchev–Trinajstić information content (AvgIpc) is 2.29. The van der Waals surface area contributed by atoms with E-state index in [0.717, 1.165) is 12.8 Å². The molecule has 0 aliphatic heterocycles. The van der Waals surface area contributed by atoms with Crippen LogP contribution in [0.4, 0.5) is 0 Å². The number of methoxy groups -OCH3 is 1. The third-order valence-electron chi connectivity index (χ3n) is 2.84. The zero-order valence-corrected chi connectivity index (χ0v) is 10.7. The molecule has 1 unspecified atom stereocenters. The molecule has 0 aromatic rings. The van der Waals surface area contributed by atoms with Crippen LogP contribution in [0.5, 0.6) is 0 Å². The highest BCUT2D eigenvalue weighted by molar-refractivity contribution is 7.80. The van der Waals surface area contributed by atoms with E-state index in [1.165, 1.54) is 26.4 Å². The van der Waals surface area contributed by atoms with Crippen LogP contribution in [0.2, 0.25) is 0 Å². The monoisotopic (exact) mass is 244 g/mol. The summed E-state index contributed by atoms with van der Waals surface area (Å²) < 4.78 is 4.61. The van der Waals surface area contributed by atoms with E-state index in [-0.39, 0.29) is 5.97 Å². The Labute approximate surface area is 102 Å². The molecular weight excluding hydrogens is 224 g/mol. The fourth-order valence-electron chi connectivity index (χ4n) is 1.91. The summed E-state index contributed by atoms with van der Waals surface area (Å²) in [6.07, 6.45) is 6.15. The summed E-state index contributed by atoms with van der Waals surface area (Å²) in [4.78, 5) is 11.2. The predicted molar refractivity (Wildman–Crippen MR) is 67.2 cm³/mol. The van der Waals surface area contributed by atoms with Crippen LogP contribution in [0.3, 0.4) is 0 Å². The first-order chi connectivity index (χ1) is 7.63. The highest BCUT2D eigenvalue weighted by Crippen LogP contribution is 2.17. The summed E-state index contributed by atoms with van der Waals surface area (Å²) in [5, 5.41) is 6.71. The molecule has 16 heavy (non-hydrogen) atoms. The molecular formula is C11H20N2O2S. The maximum atomic E-state index is 11.2. The van der Waals surface area contributed by atoms with Crippen LogP contribution in [-0.4, -0.2) is 30.3 Å². The molecule has 0 aromatic heterocycles. The molecule has 1 aliphatic carbocycles. The molecule has 0 bridgehead atoms. The smallest absolute Gasteiger partial charge is 0.328 e. The van der Waals surface area contributed by atoms with Crippen molar-refractivity contribution in [3.05, 3.63) is 0 Å². The lowest BCUT2D eigenvalue weighted by Crippen LogP contribution is -2.48. The van der Waals surface area contributed by atoms with Crippen LogP contribution in [-0.2, 0) is 9.53 Å². The zero-order chi connectivity index (χ0) is 12.0. The largest absolute Gasteiger partial charge is 0.467 e. The quantitative estimate of drug-likeness (QED) is 0.579. The number of ether oxygens (including phenoxy) is 1. The van der Waals surface area contributed by atoms with Crippen molar-refractivity contribution in [3.63, 3.8) is 0 Å². The van der Waals surface area contributed by atoms with Gasteiger partial charge in [-0.2, -0.15) is 0 Å². The van der Waals surface area contributed by atoms with Gasteiger partial charge in [-0.1, -0.05) is 19.3 Å². The molecule has 1 atom stereocenters. The van der Waals surface area contributed by atoms with E-state index in [0.29, 0.717) is 11.2 Å². The van der Waals surface area contributed by atoms with Crippen molar-refractivity contribution in [3.8, 4) is 0 Å². The van der Waals surface area contributed by atoms with Gasteiger partial charge in [0.05, 0.1) is 7.11 Å². The van der Waals surface area contributed by atoms with Crippen LogP contribution in [0, 0.1) is 0 Å². The van der Waals surface area contributed by atoms with Gasteiger partial charge in [0.1, 0.15) is 6.04 Å². The Morgan fingerprint density at radius 3 is 2.56 bits per heavy atom. The molecule has 0 spiro atoms. The summed E-state index contributed by atoms with van der Waals surface area (Å²) in [5.74, 6) is -0.298. The highest BCUT2D eigenvalue weighted by atomic mass is 32.1. The predicted octanol–water partition coefficient (Wildman–Crippen LogP) is 1.34. The maximum absolute atomic E-state index is 11.2. The Balaban J connectivity index is 2.26. The summed E-state index contributed by atoms with van der Waals surface area (Å²) >= 11 is 5.15. The first-order valence-corrected chi connectivity index (χ1v) is 6.19. The fraction of sp³-hybridized carbons (Fsp3) is 0.818. The van der Waals surface area contributed by atoms with Crippen LogP contribution in [0.1, 0.15) is 39.0 Å². The van der Waals surface area contributed by atoms with E-state index in [2.05, 4.69) is 15.4 Å². The van der Waals surface area contributed by atoms with E-state index in [4.69, 9.17) is 12.2 Å². The normalized spacial score (nSPS) is 18.6. The Morgan fingerprint density at radius 1 is 1.38 bits per heavy atom. The number of carbonyl (C=O) groups is 1. The zero-order valence-electron chi connectivity index (χ0n) is 9.91. The number of esters is 1. The van der Waals surface area contributed by atoms with Crippen molar-refractivity contribution in [1.29, 1.82) is 0 Å². The van der Waals surface area contributed by atoms with Crippen molar-refractivity contribution >= 4 is 23.3 Å². The van der Waals surface area contributed by atoms with Crippen LogP contribution < -0.4 is 10.6 Å².